The van der Waals surface area contributed by atoms with Gasteiger partial charge in [-0.15, -0.1) is 10.2 Å². The molecule has 0 radical (unpaired) electrons. The molecule has 134 valence electrons. The normalized spacial score (nSPS) is 12.0. The Morgan fingerprint density at radius 1 is 1.40 bits per heavy atom. The van der Waals surface area contributed by atoms with Crippen molar-refractivity contribution in [1.82, 2.24) is 19.8 Å². The lowest BCUT2D eigenvalue weighted by atomic mass is 10.2. The molecular formula is C17H22FN5OS. The van der Waals surface area contributed by atoms with Gasteiger partial charge in [0.05, 0.1) is 5.25 Å². The second kappa shape index (κ2) is 8.15. The van der Waals surface area contributed by atoms with Gasteiger partial charge < -0.3 is 10.7 Å². The molecular weight excluding hydrogens is 341 g/mol. The van der Waals surface area contributed by atoms with E-state index < -0.39 is 0 Å². The minimum Gasteiger partial charge on any atom is -0.338 e. The van der Waals surface area contributed by atoms with Crippen LogP contribution in [0.3, 0.4) is 0 Å². The van der Waals surface area contributed by atoms with Gasteiger partial charge in [0.1, 0.15) is 5.82 Å². The molecule has 2 aromatic rings. The number of likely N-dealkylation sites (N-methyl/N-ethyl adjacent to an activating group) is 1. The summed E-state index contributed by atoms with van der Waals surface area (Å²) in [4.78, 5) is 14.3. The van der Waals surface area contributed by atoms with Crippen LogP contribution in [-0.2, 0) is 4.79 Å². The number of aromatic nitrogens is 3. The van der Waals surface area contributed by atoms with Gasteiger partial charge in [0, 0.05) is 18.7 Å². The number of nitrogens with zero attached hydrogens (tertiary/aromatic N) is 4. The molecule has 2 N–H and O–H groups in total. The van der Waals surface area contributed by atoms with Gasteiger partial charge in [0.15, 0.2) is 5.82 Å². The highest BCUT2D eigenvalue weighted by Gasteiger charge is 2.23. The number of hydrogen-bond donors (Lipinski definition) is 1. The number of halogens is 1. The number of carbonyl (C=O) groups is 1. The Kier molecular flexibility index (Phi) is 6.19. The molecule has 0 fully saturated rings. The number of thioether (sulfide) groups is 1. The Hall–Kier alpha value is -2.35. The molecule has 0 aliphatic rings. The maximum Gasteiger partial charge on any atom is 0.236 e. The lowest BCUT2D eigenvalue weighted by Crippen LogP contribution is -2.37. The Morgan fingerprint density at radius 2 is 2.04 bits per heavy atom. The zero-order valence-corrected chi connectivity index (χ0v) is 15.4. The second-order valence-corrected chi connectivity index (χ2v) is 7.06. The highest BCUT2D eigenvalue weighted by Crippen LogP contribution is 2.26. The molecule has 6 nitrogen and oxygen atoms in total. The molecule has 1 atom stereocenters. The van der Waals surface area contributed by atoms with Gasteiger partial charge in [-0.25, -0.2) is 9.07 Å². The monoisotopic (exact) mass is 363 g/mol. The van der Waals surface area contributed by atoms with E-state index in [2.05, 4.69) is 16.8 Å². The van der Waals surface area contributed by atoms with Gasteiger partial charge >= 0.3 is 0 Å². The van der Waals surface area contributed by atoms with E-state index in [1.807, 2.05) is 13.8 Å². The van der Waals surface area contributed by atoms with Crippen LogP contribution in [0.15, 0.2) is 41.6 Å². The largest absolute Gasteiger partial charge is 0.338 e. The van der Waals surface area contributed by atoms with Crippen LogP contribution in [0.25, 0.3) is 11.4 Å². The molecule has 8 heteroatoms. The molecule has 0 spiro atoms. The third-order valence-corrected chi connectivity index (χ3v) is 4.60. The Morgan fingerprint density at radius 3 is 2.60 bits per heavy atom. The number of carbonyl (C=O) groups excluding carboxylic acids is 1. The van der Waals surface area contributed by atoms with Crippen molar-refractivity contribution in [3.63, 3.8) is 0 Å². The van der Waals surface area contributed by atoms with Crippen molar-refractivity contribution < 1.29 is 9.18 Å². The summed E-state index contributed by atoms with van der Waals surface area (Å²) in [5.74, 6) is 6.12. The van der Waals surface area contributed by atoms with Crippen LogP contribution in [0, 0.1) is 5.82 Å². The molecule has 1 amide bonds. The average molecular weight is 363 g/mol. The quantitative estimate of drug-likeness (QED) is 0.465. The highest BCUT2D eigenvalue weighted by molar-refractivity contribution is 8.00. The summed E-state index contributed by atoms with van der Waals surface area (Å²) in [5.41, 5.74) is 1.58. The number of benzene rings is 1. The summed E-state index contributed by atoms with van der Waals surface area (Å²) in [6.07, 6.45) is 0. The molecule has 0 saturated carbocycles. The van der Waals surface area contributed by atoms with E-state index in [0.717, 1.165) is 5.57 Å². The van der Waals surface area contributed by atoms with E-state index >= 15 is 0 Å². The lowest BCUT2D eigenvalue weighted by Gasteiger charge is -2.24. The molecule has 0 aliphatic heterocycles. The van der Waals surface area contributed by atoms with Crippen LogP contribution in [0.2, 0.25) is 0 Å². The molecule has 1 heterocycles. The van der Waals surface area contributed by atoms with Gasteiger partial charge in [0.25, 0.3) is 0 Å². The summed E-state index contributed by atoms with van der Waals surface area (Å²) in [7, 11) is 0. The summed E-state index contributed by atoms with van der Waals surface area (Å²) in [5, 5.41) is 8.15. The van der Waals surface area contributed by atoms with Gasteiger partial charge in [-0.3, -0.25) is 4.79 Å². The third kappa shape index (κ3) is 4.60. The van der Waals surface area contributed by atoms with Crippen molar-refractivity contribution in [1.29, 1.82) is 0 Å². The first-order chi connectivity index (χ1) is 11.8. The molecule has 2 rings (SSSR count). The first-order valence-electron chi connectivity index (χ1n) is 7.89. The summed E-state index contributed by atoms with van der Waals surface area (Å²) in [6.45, 7) is 10.6. The number of rotatable bonds is 7. The van der Waals surface area contributed by atoms with Crippen LogP contribution < -0.4 is 5.84 Å². The van der Waals surface area contributed by atoms with E-state index in [1.165, 1.54) is 28.6 Å². The van der Waals surface area contributed by atoms with Crippen LogP contribution in [-0.4, -0.2) is 44.0 Å². The predicted molar refractivity (Wildman–Crippen MR) is 98.0 cm³/mol. The molecule has 0 bridgehead atoms. The van der Waals surface area contributed by atoms with Crippen molar-refractivity contribution >= 4 is 17.7 Å². The van der Waals surface area contributed by atoms with Gasteiger partial charge in [-0.05, 0) is 45.0 Å². The molecule has 25 heavy (non-hydrogen) atoms. The molecule has 0 aliphatic carbocycles. The smallest absolute Gasteiger partial charge is 0.236 e. The number of nitrogens with two attached hydrogens (primary N) is 1. The summed E-state index contributed by atoms with van der Waals surface area (Å²) in [6, 6.07) is 5.83. The molecule has 1 aromatic heterocycles. The number of hydrogen-bond acceptors (Lipinski definition) is 5. The van der Waals surface area contributed by atoms with Crippen molar-refractivity contribution in [2.24, 2.45) is 0 Å². The first kappa shape index (κ1) is 19.0. The number of nitrogen functional groups attached to an aromatic ring is 1. The SMILES string of the molecule is C=C(C)CN(CC)C(=O)C(C)Sc1nnc(-c2ccc(F)cc2)n1N. The van der Waals surface area contributed by atoms with Gasteiger partial charge in [-0.1, -0.05) is 23.9 Å². The van der Waals surface area contributed by atoms with E-state index in [-0.39, 0.29) is 17.0 Å². The minimum absolute atomic E-state index is 0.0122. The Labute approximate surface area is 150 Å². The van der Waals surface area contributed by atoms with Crippen LogP contribution in [0.5, 0.6) is 0 Å². The van der Waals surface area contributed by atoms with E-state index in [4.69, 9.17) is 5.84 Å². The maximum atomic E-state index is 13.0. The summed E-state index contributed by atoms with van der Waals surface area (Å²) < 4.78 is 14.4. The molecule has 1 aromatic carbocycles. The highest BCUT2D eigenvalue weighted by atomic mass is 32.2. The average Bonchev–Trinajstić information content (AvgIpc) is 2.93. The Balaban J connectivity index is 2.13. The van der Waals surface area contributed by atoms with Gasteiger partial charge in [0.2, 0.25) is 11.1 Å². The van der Waals surface area contributed by atoms with E-state index in [0.29, 0.717) is 29.6 Å². The zero-order valence-electron chi connectivity index (χ0n) is 14.6. The van der Waals surface area contributed by atoms with Crippen molar-refractivity contribution in [2.75, 3.05) is 18.9 Å². The second-order valence-electron chi connectivity index (χ2n) is 5.75. The number of amides is 1. The van der Waals surface area contributed by atoms with Crippen molar-refractivity contribution in [3.8, 4) is 11.4 Å². The maximum absolute atomic E-state index is 13.0. The topological polar surface area (TPSA) is 77.0 Å². The van der Waals surface area contributed by atoms with Gasteiger partial charge in [-0.2, -0.15) is 0 Å². The van der Waals surface area contributed by atoms with Crippen LogP contribution >= 0.6 is 11.8 Å². The first-order valence-corrected chi connectivity index (χ1v) is 8.77. The van der Waals surface area contributed by atoms with E-state index in [1.54, 1.807) is 24.0 Å². The summed E-state index contributed by atoms with van der Waals surface area (Å²) >= 11 is 1.24. The fourth-order valence-corrected chi connectivity index (χ4v) is 3.14. The predicted octanol–water partition coefficient (Wildman–Crippen LogP) is 2.70. The minimum atomic E-state index is -0.369. The Bertz CT molecular complexity index is 759. The zero-order chi connectivity index (χ0) is 18.6. The molecule has 1 unspecified atom stereocenters. The molecule has 0 saturated heterocycles. The third-order valence-electron chi connectivity index (χ3n) is 3.55. The van der Waals surface area contributed by atoms with Crippen molar-refractivity contribution in [3.05, 3.63) is 42.2 Å². The fourth-order valence-electron chi connectivity index (χ4n) is 2.29. The lowest BCUT2D eigenvalue weighted by molar-refractivity contribution is -0.129. The van der Waals surface area contributed by atoms with Crippen molar-refractivity contribution in [2.45, 2.75) is 31.2 Å². The fraction of sp³-hybridized carbons (Fsp3) is 0.353. The van der Waals surface area contributed by atoms with Crippen LogP contribution in [0.1, 0.15) is 20.8 Å². The van der Waals surface area contributed by atoms with E-state index in [9.17, 15) is 9.18 Å². The van der Waals surface area contributed by atoms with Crippen LogP contribution in [0.4, 0.5) is 4.39 Å². The standard InChI is InChI=1S/C17H22FN5OS/c1-5-22(10-11(2)3)16(24)12(4)25-17-21-20-15(23(17)19)13-6-8-14(18)9-7-13/h6-9,12H,2,5,10,19H2,1,3-4H3.